The summed E-state index contributed by atoms with van der Waals surface area (Å²) >= 11 is 0. The highest BCUT2D eigenvalue weighted by Crippen LogP contribution is 2.14. The fraction of sp³-hybridized carbons (Fsp3) is 0.462. The predicted molar refractivity (Wildman–Crippen MR) is 71.7 cm³/mol. The molecule has 106 valence electrons. The lowest BCUT2D eigenvalue weighted by molar-refractivity contribution is 0.0563. The monoisotopic (exact) mass is 271 g/mol. The minimum Gasteiger partial charge on any atom is -0.378 e. The van der Waals surface area contributed by atoms with Crippen LogP contribution in [0.3, 0.4) is 0 Å². The molecule has 0 radical (unpaired) electrons. The molecule has 2 N–H and O–H groups in total. The highest BCUT2D eigenvalue weighted by molar-refractivity contribution is 5.94. The average molecular weight is 271 g/mol. The van der Waals surface area contributed by atoms with Crippen LogP contribution in [0.1, 0.15) is 10.4 Å². The first-order chi connectivity index (χ1) is 8.95. The van der Waals surface area contributed by atoms with Crippen molar-refractivity contribution in [3.05, 3.63) is 29.8 Å². The lowest BCUT2D eigenvalue weighted by atomic mass is 10.1. The summed E-state index contributed by atoms with van der Waals surface area (Å²) in [5.74, 6) is -0.420. The molecule has 0 saturated heterocycles. The quantitative estimate of drug-likeness (QED) is 0.851. The summed E-state index contributed by atoms with van der Waals surface area (Å²) in [7, 11) is 3.77. The molecule has 0 fully saturated rings. The molecular weight excluding hydrogens is 252 g/mol. The second kappa shape index (κ2) is 7.04. The van der Waals surface area contributed by atoms with E-state index in [0.717, 1.165) is 10.6 Å². The number of hydrogen-bond donors (Lipinski definition) is 1. The number of carbonyl (C=O) groups excluding carboxylic acids is 1. The fourth-order valence-electron chi connectivity index (χ4n) is 1.68. The Labute approximate surface area is 111 Å². The summed E-state index contributed by atoms with van der Waals surface area (Å²) in [6.45, 7) is -0.307. The molecule has 6 heteroatoms. The van der Waals surface area contributed by atoms with E-state index in [0.29, 0.717) is 5.56 Å². The highest BCUT2D eigenvalue weighted by atomic mass is 19.3. The SMILES string of the molecule is CN(C)c1ccc(C(=O)N(CCN)CC(F)F)cc1. The number of alkyl halides is 2. The Bertz CT molecular complexity index is 407. The molecule has 0 aromatic heterocycles. The van der Waals surface area contributed by atoms with Gasteiger partial charge in [0.1, 0.15) is 0 Å². The number of hydrogen-bond acceptors (Lipinski definition) is 3. The zero-order valence-electron chi connectivity index (χ0n) is 11.1. The lowest BCUT2D eigenvalue weighted by Crippen LogP contribution is -2.38. The highest BCUT2D eigenvalue weighted by Gasteiger charge is 2.19. The van der Waals surface area contributed by atoms with E-state index in [1.807, 2.05) is 19.0 Å². The van der Waals surface area contributed by atoms with Gasteiger partial charge in [0.25, 0.3) is 12.3 Å². The normalized spacial score (nSPS) is 10.6. The van der Waals surface area contributed by atoms with Crippen LogP contribution in [0.15, 0.2) is 24.3 Å². The van der Waals surface area contributed by atoms with E-state index < -0.39 is 18.9 Å². The molecule has 0 aliphatic rings. The standard InChI is InChI=1S/C13H19F2N3O/c1-17(2)11-5-3-10(4-6-11)13(19)18(8-7-16)9-12(14)15/h3-6,12H,7-9,16H2,1-2H3. The molecule has 1 amide bonds. The zero-order valence-corrected chi connectivity index (χ0v) is 11.1. The smallest absolute Gasteiger partial charge is 0.255 e. The van der Waals surface area contributed by atoms with Gasteiger partial charge in [-0.15, -0.1) is 0 Å². The van der Waals surface area contributed by atoms with Crippen LogP contribution in [0.2, 0.25) is 0 Å². The Morgan fingerprint density at radius 3 is 2.26 bits per heavy atom. The Balaban J connectivity index is 2.83. The van der Waals surface area contributed by atoms with Crippen LogP contribution in [0.25, 0.3) is 0 Å². The summed E-state index contributed by atoms with van der Waals surface area (Å²) in [4.78, 5) is 15.0. The van der Waals surface area contributed by atoms with Gasteiger partial charge in [0.15, 0.2) is 0 Å². The molecule has 0 unspecified atom stereocenters. The van der Waals surface area contributed by atoms with Crippen molar-refractivity contribution in [1.82, 2.24) is 4.90 Å². The lowest BCUT2D eigenvalue weighted by Gasteiger charge is -2.22. The summed E-state index contributed by atoms with van der Waals surface area (Å²) in [6.07, 6.45) is -2.56. The minimum absolute atomic E-state index is 0.124. The van der Waals surface area contributed by atoms with E-state index in [-0.39, 0.29) is 13.1 Å². The number of anilines is 1. The van der Waals surface area contributed by atoms with Crippen molar-refractivity contribution in [2.24, 2.45) is 5.73 Å². The Morgan fingerprint density at radius 2 is 1.84 bits per heavy atom. The van der Waals surface area contributed by atoms with E-state index >= 15 is 0 Å². The zero-order chi connectivity index (χ0) is 14.4. The van der Waals surface area contributed by atoms with E-state index in [9.17, 15) is 13.6 Å². The second-order valence-electron chi connectivity index (χ2n) is 4.37. The van der Waals surface area contributed by atoms with Crippen molar-refractivity contribution in [3.8, 4) is 0 Å². The van der Waals surface area contributed by atoms with Crippen molar-refractivity contribution in [2.75, 3.05) is 38.6 Å². The molecule has 0 heterocycles. The minimum atomic E-state index is -2.56. The summed E-state index contributed by atoms with van der Waals surface area (Å²) in [6, 6.07) is 6.81. The van der Waals surface area contributed by atoms with Gasteiger partial charge in [-0.05, 0) is 24.3 Å². The maximum Gasteiger partial charge on any atom is 0.255 e. The summed E-state index contributed by atoms with van der Waals surface area (Å²) < 4.78 is 24.8. The van der Waals surface area contributed by atoms with Gasteiger partial charge in [-0.25, -0.2) is 8.78 Å². The van der Waals surface area contributed by atoms with Crippen molar-refractivity contribution in [3.63, 3.8) is 0 Å². The van der Waals surface area contributed by atoms with Crippen LogP contribution >= 0.6 is 0 Å². The number of nitrogens with two attached hydrogens (primary N) is 1. The van der Waals surface area contributed by atoms with Gasteiger partial charge >= 0.3 is 0 Å². The van der Waals surface area contributed by atoms with Crippen molar-refractivity contribution in [2.45, 2.75) is 6.43 Å². The average Bonchev–Trinajstić information content (AvgIpc) is 2.37. The molecule has 0 spiro atoms. The Hall–Kier alpha value is -1.69. The van der Waals surface area contributed by atoms with Gasteiger partial charge in [-0.3, -0.25) is 4.79 Å². The molecule has 1 aromatic rings. The van der Waals surface area contributed by atoms with Gasteiger partial charge in [0.2, 0.25) is 0 Å². The second-order valence-corrected chi connectivity index (χ2v) is 4.37. The number of halogens is 2. The van der Waals surface area contributed by atoms with Crippen molar-refractivity contribution < 1.29 is 13.6 Å². The number of amides is 1. The number of carbonyl (C=O) groups is 1. The van der Waals surface area contributed by atoms with Crippen LogP contribution in [-0.4, -0.2) is 51.0 Å². The third-order valence-electron chi connectivity index (χ3n) is 2.68. The van der Waals surface area contributed by atoms with Gasteiger partial charge in [0.05, 0.1) is 6.54 Å². The van der Waals surface area contributed by atoms with E-state index in [1.54, 1.807) is 24.3 Å². The molecule has 0 atom stereocenters. The maximum absolute atomic E-state index is 12.4. The molecule has 0 saturated carbocycles. The van der Waals surface area contributed by atoms with E-state index in [2.05, 4.69) is 0 Å². The van der Waals surface area contributed by atoms with Gasteiger partial charge in [-0.2, -0.15) is 0 Å². The fourth-order valence-corrected chi connectivity index (χ4v) is 1.68. The third kappa shape index (κ3) is 4.48. The van der Waals surface area contributed by atoms with Gasteiger partial charge in [-0.1, -0.05) is 0 Å². The first kappa shape index (κ1) is 15.4. The van der Waals surface area contributed by atoms with Crippen LogP contribution in [0.5, 0.6) is 0 Å². The number of rotatable bonds is 6. The first-order valence-corrected chi connectivity index (χ1v) is 6.00. The third-order valence-corrected chi connectivity index (χ3v) is 2.68. The van der Waals surface area contributed by atoms with Crippen LogP contribution in [-0.2, 0) is 0 Å². The molecule has 1 rings (SSSR count). The molecule has 19 heavy (non-hydrogen) atoms. The van der Waals surface area contributed by atoms with Crippen molar-refractivity contribution in [1.29, 1.82) is 0 Å². The molecule has 0 bridgehead atoms. The van der Waals surface area contributed by atoms with E-state index in [1.165, 1.54) is 0 Å². The summed E-state index contributed by atoms with van der Waals surface area (Å²) in [5.41, 5.74) is 6.67. The molecular formula is C13H19F2N3O. The van der Waals surface area contributed by atoms with Gasteiger partial charge in [0, 0.05) is 38.4 Å². The number of benzene rings is 1. The largest absolute Gasteiger partial charge is 0.378 e. The maximum atomic E-state index is 12.4. The van der Waals surface area contributed by atoms with Crippen molar-refractivity contribution >= 4 is 11.6 Å². The number of nitrogens with zero attached hydrogens (tertiary/aromatic N) is 2. The van der Waals surface area contributed by atoms with Crippen LogP contribution < -0.4 is 10.6 Å². The van der Waals surface area contributed by atoms with Crippen LogP contribution in [0.4, 0.5) is 14.5 Å². The van der Waals surface area contributed by atoms with Gasteiger partial charge < -0.3 is 15.5 Å². The Kier molecular flexibility index (Phi) is 5.69. The predicted octanol–water partition coefficient (Wildman–Crippen LogP) is 1.42. The van der Waals surface area contributed by atoms with Crippen LogP contribution in [0, 0.1) is 0 Å². The Morgan fingerprint density at radius 1 is 1.26 bits per heavy atom. The first-order valence-electron chi connectivity index (χ1n) is 6.00. The molecule has 0 aliphatic carbocycles. The molecule has 1 aromatic carbocycles. The topological polar surface area (TPSA) is 49.6 Å². The van der Waals surface area contributed by atoms with E-state index in [4.69, 9.17) is 5.73 Å². The molecule has 4 nitrogen and oxygen atoms in total. The molecule has 0 aliphatic heterocycles. The summed E-state index contributed by atoms with van der Waals surface area (Å²) in [5, 5.41) is 0.